The molecule has 0 aliphatic carbocycles. The summed E-state index contributed by atoms with van der Waals surface area (Å²) in [5.74, 6) is -0.213. The van der Waals surface area contributed by atoms with Gasteiger partial charge in [0.2, 0.25) is 0 Å². The van der Waals surface area contributed by atoms with Gasteiger partial charge in [0.05, 0.1) is 7.11 Å². The predicted octanol–water partition coefficient (Wildman–Crippen LogP) is 0.666. The Kier molecular flexibility index (Phi) is 4.54. The first-order chi connectivity index (χ1) is 5.13. The summed E-state index contributed by atoms with van der Waals surface area (Å²) in [4.78, 5) is 12.8. The maximum Gasteiger partial charge on any atom is 0.323 e. The smallest absolute Gasteiger partial charge is 0.323 e. The third kappa shape index (κ3) is 3.18. The zero-order chi connectivity index (χ0) is 8.85. The third-order valence-electron chi connectivity index (χ3n) is 1.49. The van der Waals surface area contributed by atoms with E-state index in [1.54, 1.807) is 6.08 Å². The van der Waals surface area contributed by atoms with Crippen molar-refractivity contribution in [2.75, 3.05) is 21.2 Å². The molecule has 1 atom stereocenters. The normalized spacial score (nSPS) is 12.7. The third-order valence-corrected chi connectivity index (χ3v) is 1.49. The van der Waals surface area contributed by atoms with Gasteiger partial charge < -0.3 is 4.74 Å². The number of hydrogen-bond acceptors (Lipinski definition) is 3. The molecule has 0 fully saturated rings. The summed E-state index contributed by atoms with van der Waals surface area (Å²) in [7, 11) is 5.07. The molecule has 0 spiro atoms. The van der Waals surface area contributed by atoms with E-state index in [1.807, 2.05) is 19.0 Å². The summed E-state index contributed by atoms with van der Waals surface area (Å²) in [5.41, 5.74) is 0. The summed E-state index contributed by atoms with van der Waals surface area (Å²) >= 11 is 0. The van der Waals surface area contributed by atoms with Crippen LogP contribution in [0.1, 0.15) is 6.42 Å². The molecule has 0 aromatic rings. The molecule has 0 aromatic carbocycles. The number of carbonyl (C=O) groups excluding carboxylic acids is 1. The Labute approximate surface area is 67.6 Å². The van der Waals surface area contributed by atoms with Crippen molar-refractivity contribution in [2.45, 2.75) is 12.5 Å². The highest BCUT2D eigenvalue weighted by molar-refractivity contribution is 5.75. The van der Waals surface area contributed by atoms with E-state index in [0.29, 0.717) is 6.42 Å². The second kappa shape index (κ2) is 4.91. The molecule has 0 amide bonds. The highest BCUT2D eigenvalue weighted by Crippen LogP contribution is 2.01. The zero-order valence-electron chi connectivity index (χ0n) is 7.33. The van der Waals surface area contributed by atoms with E-state index >= 15 is 0 Å². The fourth-order valence-corrected chi connectivity index (χ4v) is 0.812. The molecule has 64 valence electrons. The number of hydrogen-bond donors (Lipinski definition) is 0. The Bertz CT molecular complexity index is 143. The number of methoxy groups -OCH3 is 1. The molecule has 0 N–H and O–H groups in total. The number of esters is 1. The summed E-state index contributed by atoms with van der Waals surface area (Å²) < 4.78 is 4.60. The lowest BCUT2D eigenvalue weighted by atomic mass is 10.2. The average molecular weight is 157 g/mol. The summed E-state index contributed by atoms with van der Waals surface area (Å²) in [6.45, 7) is 3.57. The van der Waals surface area contributed by atoms with Crippen molar-refractivity contribution in [3.63, 3.8) is 0 Å². The van der Waals surface area contributed by atoms with Crippen molar-refractivity contribution in [1.29, 1.82) is 0 Å². The van der Waals surface area contributed by atoms with Crippen LogP contribution in [-0.2, 0) is 9.53 Å². The fourth-order valence-electron chi connectivity index (χ4n) is 0.812. The van der Waals surface area contributed by atoms with Crippen LogP contribution in [0.25, 0.3) is 0 Å². The molecule has 0 unspecified atom stereocenters. The summed E-state index contributed by atoms with van der Waals surface area (Å²) in [6, 6.07) is -0.197. The van der Waals surface area contributed by atoms with Gasteiger partial charge in [0.25, 0.3) is 0 Å². The first-order valence-electron chi connectivity index (χ1n) is 3.48. The van der Waals surface area contributed by atoms with Gasteiger partial charge in [0.15, 0.2) is 0 Å². The van der Waals surface area contributed by atoms with Crippen LogP contribution in [0.3, 0.4) is 0 Å². The maximum atomic E-state index is 11.0. The Morgan fingerprint density at radius 2 is 2.27 bits per heavy atom. The van der Waals surface area contributed by atoms with Gasteiger partial charge in [-0.2, -0.15) is 0 Å². The van der Waals surface area contributed by atoms with Gasteiger partial charge in [-0.05, 0) is 20.5 Å². The molecule has 0 saturated heterocycles. The Balaban J connectivity index is 4.08. The highest BCUT2D eigenvalue weighted by atomic mass is 16.5. The van der Waals surface area contributed by atoms with Gasteiger partial charge in [-0.15, -0.1) is 6.58 Å². The molecule has 0 heterocycles. The summed E-state index contributed by atoms with van der Waals surface area (Å²) in [6.07, 6.45) is 2.33. The second-order valence-electron chi connectivity index (χ2n) is 2.53. The zero-order valence-corrected chi connectivity index (χ0v) is 7.33. The Morgan fingerprint density at radius 3 is 2.55 bits per heavy atom. The minimum Gasteiger partial charge on any atom is -0.468 e. The van der Waals surface area contributed by atoms with Crippen LogP contribution in [-0.4, -0.2) is 38.1 Å². The number of carbonyl (C=O) groups is 1. The van der Waals surface area contributed by atoms with Gasteiger partial charge in [-0.3, -0.25) is 9.69 Å². The molecular formula is C8H15NO2. The minimum absolute atomic E-state index is 0.197. The van der Waals surface area contributed by atoms with Crippen LogP contribution in [0.4, 0.5) is 0 Å². The van der Waals surface area contributed by atoms with E-state index in [1.165, 1.54) is 7.11 Å². The van der Waals surface area contributed by atoms with E-state index in [-0.39, 0.29) is 12.0 Å². The van der Waals surface area contributed by atoms with Gasteiger partial charge in [0.1, 0.15) is 6.04 Å². The highest BCUT2D eigenvalue weighted by Gasteiger charge is 2.18. The number of ether oxygens (including phenoxy) is 1. The van der Waals surface area contributed by atoms with Crippen LogP contribution < -0.4 is 0 Å². The van der Waals surface area contributed by atoms with Crippen LogP contribution in [0.5, 0.6) is 0 Å². The molecular weight excluding hydrogens is 142 g/mol. The fraction of sp³-hybridized carbons (Fsp3) is 0.625. The van der Waals surface area contributed by atoms with Crippen LogP contribution >= 0.6 is 0 Å². The first kappa shape index (κ1) is 10.2. The molecule has 0 bridgehead atoms. The van der Waals surface area contributed by atoms with Gasteiger partial charge in [0, 0.05) is 0 Å². The van der Waals surface area contributed by atoms with Gasteiger partial charge >= 0.3 is 5.97 Å². The minimum atomic E-state index is -0.213. The quantitative estimate of drug-likeness (QED) is 0.443. The van der Waals surface area contributed by atoms with Gasteiger partial charge in [-0.25, -0.2) is 0 Å². The van der Waals surface area contributed by atoms with Gasteiger partial charge in [-0.1, -0.05) is 6.08 Å². The lowest BCUT2D eigenvalue weighted by Crippen LogP contribution is -2.36. The molecule has 0 aliphatic rings. The lowest BCUT2D eigenvalue weighted by molar-refractivity contribution is -0.145. The molecule has 0 radical (unpaired) electrons. The van der Waals surface area contributed by atoms with Crippen molar-refractivity contribution < 1.29 is 9.53 Å². The van der Waals surface area contributed by atoms with Crippen molar-refractivity contribution in [2.24, 2.45) is 0 Å². The second-order valence-corrected chi connectivity index (χ2v) is 2.53. The van der Waals surface area contributed by atoms with Crippen molar-refractivity contribution in [1.82, 2.24) is 4.90 Å². The van der Waals surface area contributed by atoms with Crippen molar-refractivity contribution in [3.8, 4) is 0 Å². The lowest BCUT2D eigenvalue weighted by Gasteiger charge is -2.19. The molecule has 11 heavy (non-hydrogen) atoms. The molecule has 3 heteroatoms. The molecule has 0 aliphatic heterocycles. The van der Waals surface area contributed by atoms with Crippen molar-refractivity contribution in [3.05, 3.63) is 12.7 Å². The Morgan fingerprint density at radius 1 is 1.73 bits per heavy atom. The Hall–Kier alpha value is -0.830. The number of nitrogens with zero attached hydrogens (tertiary/aromatic N) is 1. The van der Waals surface area contributed by atoms with E-state index in [0.717, 1.165) is 0 Å². The number of likely N-dealkylation sites (N-methyl/N-ethyl adjacent to an activating group) is 1. The van der Waals surface area contributed by atoms with E-state index < -0.39 is 0 Å². The number of rotatable bonds is 4. The first-order valence-corrected chi connectivity index (χ1v) is 3.48. The molecule has 0 saturated carbocycles. The standard InChI is InChI=1S/C8H15NO2/c1-5-6-7(9(2)3)8(10)11-4/h5,7H,1,6H2,2-4H3/t7-/m1/s1. The van der Waals surface area contributed by atoms with E-state index in [2.05, 4.69) is 11.3 Å². The average Bonchev–Trinajstić information content (AvgIpc) is 1.98. The molecule has 0 aromatic heterocycles. The monoisotopic (exact) mass is 157 g/mol. The maximum absolute atomic E-state index is 11.0. The van der Waals surface area contributed by atoms with Crippen LogP contribution in [0.2, 0.25) is 0 Å². The van der Waals surface area contributed by atoms with Crippen LogP contribution in [0, 0.1) is 0 Å². The SMILES string of the molecule is C=CC[C@H](C(=O)OC)N(C)C. The van der Waals surface area contributed by atoms with Crippen LogP contribution in [0.15, 0.2) is 12.7 Å². The van der Waals surface area contributed by atoms with E-state index in [4.69, 9.17) is 0 Å². The predicted molar refractivity (Wildman–Crippen MR) is 44.3 cm³/mol. The summed E-state index contributed by atoms with van der Waals surface area (Å²) in [5, 5.41) is 0. The topological polar surface area (TPSA) is 29.5 Å². The molecule has 3 nitrogen and oxygen atoms in total. The van der Waals surface area contributed by atoms with E-state index in [9.17, 15) is 4.79 Å². The van der Waals surface area contributed by atoms with Crippen molar-refractivity contribution >= 4 is 5.97 Å². The molecule has 0 rings (SSSR count). The largest absolute Gasteiger partial charge is 0.468 e.